The van der Waals surface area contributed by atoms with Crippen LogP contribution in [-0.4, -0.2) is 25.6 Å². The number of ether oxygens (including phenoxy) is 2. The molecule has 7 heteroatoms. The molecule has 1 amide bonds. The Morgan fingerprint density at radius 3 is 2.67 bits per heavy atom. The first-order valence-electron chi connectivity index (χ1n) is 5.95. The van der Waals surface area contributed by atoms with Crippen LogP contribution in [0.25, 0.3) is 0 Å². The fourth-order valence-electron chi connectivity index (χ4n) is 1.56. The second kappa shape index (κ2) is 7.24. The van der Waals surface area contributed by atoms with E-state index >= 15 is 0 Å². The Hall–Kier alpha value is -1.86. The van der Waals surface area contributed by atoms with Crippen molar-refractivity contribution in [2.24, 2.45) is 0 Å². The SMILES string of the molecule is COc1ccccc1NC(=O)COC(=O)c1ccc(Br)s1. The summed E-state index contributed by atoms with van der Waals surface area (Å²) in [5, 5.41) is 2.63. The van der Waals surface area contributed by atoms with Gasteiger partial charge in [0.25, 0.3) is 5.91 Å². The largest absolute Gasteiger partial charge is 0.495 e. The van der Waals surface area contributed by atoms with Gasteiger partial charge in [-0.1, -0.05) is 12.1 Å². The Morgan fingerprint density at radius 1 is 1.24 bits per heavy atom. The van der Waals surface area contributed by atoms with Gasteiger partial charge in [-0.15, -0.1) is 11.3 Å². The highest BCUT2D eigenvalue weighted by atomic mass is 79.9. The van der Waals surface area contributed by atoms with Gasteiger partial charge in [0, 0.05) is 0 Å². The molecule has 0 aliphatic heterocycles. The molecule has 21 heavy (non-hydrogen) atoms. The van der Waals surface area contributed by atoms with Crippen molar-refractivity contribution in [1.82, 2.24) is 0 Å². The molecule has 0 bridgehead atoms. The molecule has 2 rings (SSSR count). The third-order valence-electron chi connectivity index (χ3n) is 2.49. The Balaban J connectivity index is 1.89. The average Bonchev–Trinajstić information content (AvgIpc) is 2.92. The van der Waals surface area contributed by atoms with Crippen LogP contribution in [0.15, 0.2) is 40.2 Å². The standard InChI is InChI=1S/C14H12BrNO4S/c1-19-10-5-3-2-4-9(10)16-13(17)8-20-14(18)11-6-7-12(15)21-11/h2-7H,8H2,1H3,(H,16,17). The van der Waals surface area contributed by atoms with Gasteiger partial charge in [0.2, 0.25) is 0 Å². The van der Waals surface area contributed by atoms with Crippen molar-refractivity contribution in [3.8, 4) is 5.75 Å². The van der Waals surface area contributed by atoms with E-state index in [9.17, 15) is 9.59 Å². The summed E-state index contributed by atoms with van der Waals surface area (Å²) < 4.78 is 10.9. The van der Waals surface area contributed by atoms with E-state index in [-0.39, 0.29) is 6.61 Å². The number of carbonyl (C=O) groups excluding carboxylic acids is 2. The molecule has 0 aliphatic carbocycles. The summed E-state index contributed by atoms with van der Waals surface area (Å²) in [4.78, 5) is 23.9. The quantitative estimate of drug-likeness (QED) is 0.821. The smallest absolute Gasteiger partial charge is 0.348 e. The minimum Gasteiger partial charge on any atom is -0.495 e. The lowest BCUT2D eigenvalue weighted by Crippen LogP contribution is -2.20. The zero-order chi connectivity index (χ0) is 15.2. The molecule has 0 fully saturated rings. The van der Waals surface area contributed by atoms with Crippen LogP contribution in [0.3, 0.4) is 0 Å². The molecule has 0 atom stereocenters. The van der Waals surface area contributed by atoms with Crippen LogP contribution in [0.5, 0.6) is 5.75 Å². The number of anilines is 1. The molecule has 0 unspecified atom stereocenters. The molecule has 1 N–H and O–H groups in total. The number of benzene rings is 1. The van der Waals surface area contributed by atoms with Gasteiger partial charge in [-0.05, 0) is 40.2 Å². The highest BCUT2D eigenvalue weighted by Crippen LogP contribution is 2.24. The number of esters is 1. The van der Waals surface area contributed by atoms with Crippen molar-refractivity contribution in [2.45, 2.75) is 0 Å². The lowest BCUT2D eigenvalue weighted by Gasteiger charge is -2.09. The first-order valence-corrected chi connectivity index (χ1v) is 7.56. The fourth-order valence-corrected chi connectivity index (χ4v) is 2.84. The first kappa shape index (κ1) is 15.5. The van der Waals surface area contributed by atoms with Crippen molar-refractivity contribution in [1.29, 1.82) is 0 Å². The predicted molar refractivity (Wildman–Crippen MR) is 83.9 cm³/mol. The van der Waals surface area contributed by atoms with Gasteiger partial charge in [0.1, 0.15) is 10.6 Å². The average molecular weight is 370 g/mol. The summed E-state index contributed by atoms with van der Waals surface area (Å²) in [5.74, 6) is -0.413. The van der Waals surface area contributed by atoms with Crippen LogP contribution in [0, 0.1) is 0 Å². The molecule has 0 radical (unpaired) electrons. The van der Waals surface area contributed by atoms with Gasteiger partial charge in [-0.3, -0.25) is 4.79 Å². The van der Waals surface area contributed by atoms with E-state index in [1.54, 1.807) is 36.4 Å². The monoisotopic (exact) mass is 369 g/mol. The number of halogens is 1. The zero-order valence-electron chi connectivity index (χ0n) is 11.1. The molecule has 0 spiro atoms. The summed E-state index contributed by atoms with van der Waals surface area (Å²) in [6, 6.07) is 10.4. The molecule has 0 saturated carbocycles. The maximum Gasteiger partial charge on any atom is 0.348 e. The Morgan fingerprint density at radius 2 is 2.00 bits per heavy atom. The number of carbonyl (C=O) groups is 2. The Labute approximate surface area is 134 Å². The van der Waals surface area contributed by atoms with E-state index in [0.29, 0.717) is 16.3 Å². The molecule has 1 aromatic carbocycles. The van der Waals surface area contributed by atoms with Crippen molar-refractivity contribution < 1.29 is 19.1 Å². The van der Waals surface area contributed by atoms with E-state index in [0.717, 1.165) is 3.79 Å². The van der Waals surface area contributed by atoms with Gasteiger partial charge in [-0.25, -0.2) is 4.79 Å². The number of nitrogens with one attached hydrogen (secondary N) is 1. The molecule has 1 heterocycles. The van der Waals surface area contributed by atoms with Crippen LogP contribution >= 0.6 is 27.3 Å². The second-order valence-corrected chi connectivity index (χ2v) is 6.39. The van der Waals surface area contributed by atoms with Gasteiger partial charge < -0.3 is 14.8 Å². The van der Waals surface area contributed by atoms with Gasteiger partial charge in [-0.2, -0.15) is 0 Å². The first-order chi connectivity index (χ1) is 10.1. The molecule has 0 saturated heterocycles. The minimum absolute atomic E-state index is 0.355. The minimum atomic E-state index is -0.527. The number of amides is 1. The molecular weight excluding hydrogens is 358 g/mol. The molecule has 110 valence electrons. The van der Waals surface area contributed by atoms with E-state index < -0.39 is 11.9 Å². The number of rotatable bonds is 5. The Kier molecular flexibility index (Phi) is 5.35. The van der Waals surface area contributed by atoms with Crippen LogP contribution in [0.4, 0.5) is 5.69 Å². The van der Waals surface area contributed by atoms with Crippen LogP contribution in [0.1, 0.15) is 9.67 Å². The number of hydrogen-bond acceptors (Lipinski definition) is 5. The van der Waals surface area contributed by atoms with Gasteiger partial charge >= 0.3 is 5.97 Å². The van der Waals surface area contributed by atoms with E-state index in [1.807, 2.05) is 0 Å². The lowest BCUT2D eigenvalue weighted by atomic mass is 10.3. The van der Waals surface area contributed by atoms with Crippen molar-refractivity contribution in [3.63, 3.8) is 0 Å². The predicted octanol–water partition coefficient (Wildman–Crippen LogP) is 3.31. The van der Waals surface area contributed by atoms with Crippen molar-refractivity contribution in [2.75, 3.05) is 19.0 Å². The van der Waals surface area contributed by atoms with E-state index in [1.165, 1.54) is 18.4 Å². The summed E-state index contributed by atoms with van der Waals surface area (Å²) in [5.41, 5.74) is 0.528. The fraction of sp³-hybridized carbons (Fsp3) is 0.143. The topological polar surface area (TPSA) is 64.6 Å². The zero-order valence-corrected chi connectivity index (χ0v) is 13.5. The number of methoxy groups -OCH3 is 1. The number of para-hydroxylation sites is 2. The molecular formula is C14H12BrNO4S. The summed E-state index contributed by atoms with van der Waals surface area (Å²) in [6.07, 6.45) is 0. The second-order valence-electron chi connectivity index (χ2n) is 3.93. The molecule has 5 nitrogen and oxygen atoms in total. The van der Waals surface area contributed by atoms with Crippen LogP contribution in [0.2, 0.25) is 0 Å². The third kappa shape index (κ3) is 4.30. The molecule has 2 aromatic rings. The Bertz CT molecular complexity index is 656. The van der Waals surface area contributed by atoms with Gasteiger partial charge in [0.05, 0.1) is 16.6 Å². The van der Waals surface area contributed by atoms with Crippen molar-refractivity contribution in [3.05, 3.63) is 45.1 Å². The maximum absolute atomic E-state index is 11.8. The van der Waals surface area contributed by atoms with Crippen molar-refractivity contribution >= 4 is 44.8 Å². The maximum atomic E-state index is 11.8. The third-order valence-corrected chi connectivity index (χ3v) is 4.09. The summed E-state index contributed by atoms with van der Waals surface area (Å²) in [7, 11) is 1.51. The summed E-state index contributed by atoms with van der Waals surface area (Å²) >= 11 is 4.51. The van der Waals surface area contributed by atoms with Crippen LogP contribution < -0.4 is 10.1 Å². The van der Waals surface area contributed by atoms with E-state index in [4.69, 9.17) is 9.47 Å². The van der Waals surface area contributed by atoms with Gasteiger partial charge in [0.15, 0.2) is 6.61 Å². The lowest BCUT2D eigenvalue weighted by molar-refractivity contribution is -0.119. The normalized spacial score (nSPS) is 10.0. The van der Waals surface area contributed by atoms with E-state index in [2.05, 4.69) is 21.2 Å². The summed E-state index contributed by atoms with van der Waals surface area (Å²) in [6.45, 7) is -0.355. The van der Waals surface area contributed by atoms with Crippen LogP contribution in [-0.2, 0) is 9.53 Å². The number of hydrogen-bond donors (Lipinski definition) is 1. The highest BCUT2D eigenvalue weighted by molar-refractivity contribution is 9.11. The molecule has 1 aromatic heterocycles. The highest BCUT2D eigenvalue weighted by Gasteiger charge is 2.13. The molecule has 0 aliphatic rings. The number of thiophene rings is 1.